The summed E-state index contributed by atoms with van der Waals surface area (Å²) in [5, 5.41) is 13.0. The van der Waals surface area contributed by atoms with Crippen molar-refractivity contribution in [2.75, 3.05) is 20.1 Å². The quantitative estimate of drug-likeness (QED) is 0.554. The SMILES string of the molecule is CCN(CC)C(=O)[C@H]1CCC2C3CCC4N(C)/C(=N/O)CCC4(C)C3CCC21C. The van der Waals surface area contributed by atoms with Gasteiger partial charge in [0.25, 0.3) is 0 Å². The minimum Gasteiger partial charge on any atom is -0.409 e. The number of amides is 1. The summed E-state index contributed by atoms with van der Waals surface area (Å²) in [6, 6.07) is 0.488. The fourth-order valence-corrected chi connectivity index (χ4v) is 8.44. The van der Waals surface area contributed by atoms with Crippen LogP contribution in [0.2, 0.25) is 0 Å². The van der Waals surface area contributed by atoms with Gasteiger partial charge in [0.1, 0.15) is 5.84 Å². The molecule has 164 valence electrons. The zero-order chi connectivity index (χ0) is 21.0. The molecular weight excluding hydrogens is 362 g/mol. The van der Waals surface area contributed by atoms with E-state index in [2.05, 4.69) is 49.7 Å². The van der Waals surface area contributed by atoms with E-state index in [-0.39, 0.29) is 11.3 Å². The fourth-order valence-electron chi connectivity index (χ4n) is 8.44. The van der Waals surface area contributed by atoms with Gasteiger partial charge in [0.05, 0.1) is 0 Å². The van der Waals surface area contributed by atoms with Gasteiger partial charge < -0.3 is 15.0 Å². The molecule has 0 aromatic rings. The molecule has 1 aliphatic heterocycles. The molecular formula is C24H41N3O2. The number of carbonyl (C=O) groups excluding carboxylic acids is 1. The summed E-state index contributed by atoms with van der Waals surface area (Å²) in [4.78, 5) is 17.6. The van der Waals surface area contributed by atoms with Crippen molar-refractivity contribution in [3.63, 3.8) is 0 Å². The molecule has 0 spiro atoms. The predicted molar refractivity (Wildman–Crippen MR) is 116 cm³/mol. The Bertz CT molecular complexity index is 675. The third-order valence-electron chi connectivity index (χ3n) is 10.1. The Morgan fingerprint density at radius 1 is 1.07 bits per heavy atom. The highest BCUT2D eigenvalue weighted by Crippen LogP contribution is 2.66. The number of piperidine rings is 1. The van der Waals surface area contributed by atoms with E-state index >= 15 is 0 Å². The largest absolute Gasteiger partial charge is 0.409 e. The van der Waals surface area contributed by atoms with Gasteiger partial charge in [0.15, 0.2) is 0 Å². The number of hydrogen-bond donors (Lipinski definition) is 1. The maximum atomic E-state index is 13.3. The van der Waals surface area contributed by atoms with Crippen LogP contribution in [-0.2, 0) is 4.79 Å². The number of fused-ring (bicyclic) bond motifs is 5. The van der Waals surface area contributed by atoms with Gasteiger partial charge in [0.2, 0.25) is 5.91 Å². The van der Waals surface area contributed by atoms with E-state index in [1.807, 2.05) is 0 Å². The lowest BCUT2D eigenvalue weighted by atomic mass is 9.47. The number of hydrogen-bond acceptors (Lipinski definition) is 3. The van der Waals surface area contributed by atoms with Crippen LogP contribution < -0.4 is 0 Å². The highest BCUT2D eigenvalue weighted by atomic mass is 16.4. The van der Waals surface area contributed by atoms with E-state index in [0.29, 0.717) is 23.3 Å². The van der Waals surface area contributed by atoms with E-state index in [9.17, 15) is 10.0 Å². The van der Waals surface area contributed by atoms with Crippen LogP contribution in [0.25, 0.3) is 0 Å². The Balaban J connectivity index is 1.58. The summed E-state index contributed by atoms with van der Waals surface area (Å²) in [6.45, 7) is 10.8. The number of likely N-dealkylation sites (tertiary alicyclic amines) is 1. The number of rotatable bonds is 3. The second kappa shape index (κ2) is 7.46. The van der Waals surface area contributed by atoms with Gasteiger partial charge in [-0.05, 0) is 87.4 Å². The van der Waals surface area contributed by atoms with E-state index < -0.39 is 0 Å². The molecule has 5 heteroatoms. The highest BCUT2D eigenvalue weighted by molar-refractivity contribution is 5.83. The molecule has 7 atom stereocenters. The number of oxime groups is 1. The van der Waals surface area contributed by atoms with Crippen molar-refractivity contribution in [1.29, 1.82) is 0 Å². The maximum absolute atomic E-state index is 13.3. The fraction of sp³-hybridized carbons (Fsp3) is 0.917. The van der Waals surface area contributed by atoms with Crippen LogP contribution in [0, 0.1) is 34.5 Å². The summed E-state index contributed by atoms with van der Waals surface area (Å²) in [7, 11) is 2.12. The van der Waals surface area contributed by atoms with Crippen LogP contribution in [0.1, 0.15) is 79.1 Å². The van der Waals surface area contributed by atoms with Crippen LogP contribution in [0.5, 0.6) is 0 Å². The number of carbonyl (C=O) groups is 1. The normalized spacial score (nSPS) is 45.5. The molecule has 0 aromatic carbocycles. The highest BCUT2D eigenvalue weighted by Gasteiger charge is 2.62. The van der Waals surface area contributed by atoms with Gasteiger partial charge in [-0.1, -0.05) is 19.0 Å². The molecule has 3 aliphatic carbocycles. The second-order valence-corrected chi connectivity index (χ2v) is 10.8. The third kappa shape index (κ3) is 2.93. The standard InChI is InChI=1S/C24H41N3O2/c1-6-27(7-2)22(28)19-10-9-17-16-8-11-20-24(4,15-13-21(25-29)26(20)5)18(16)12-14-23(17,19)3/h16-20,29H,6-15H2,1-5H3/b25-21+/t16?,17?,18?,19-,20?,23?,24?/m1/s1. The summed E-state index contributed by atoms with van der Waals surface area (Å²) >= 11 is 0. The van der Waals surface area contributed by atoms with Gasteiger partial charge in [0, 0.05) is 38.5 Å². The molecule has 6 unspecified atom stereocenters. The lowest BCUT2D eigenvalue weighted by Gasteiger charge is -2.62. The molecule has 4 aliphatic rings. The van der Waals surface area contributed by atoms with Crippen molar-refractivity contribution in [3.05, 3.63) is 0 Å². The van der Waals surface area contributed by atoms with Gasteiger partial charge in [-0.3, -0.25) is 4.79 Å². The Labute approximate surface area is 176 Å². The van der Waals surface area contributed by atoms with E-state index in [1.165, 1.54) is 32.1 Å². The summed E-state index contributed by atoms with van der Waals surface area (Å²) in [6.07, 6.45) is 9.24. The van der Waals surface area contributed by atoms with Gasteiger partial charge in [-0.25, -0.2) is 0 Å². The average molecular weight is 404 g/mol. The Morgan fingerprint density at radius 3 is 2.41 bits per heavy atom. The van der Waals surface area contributed by atoms with Crippen molar-refractivity contribution in [3.8, 4) is 0 Å². The summed E-state index contributed by atoms with van der Waals surface area (Å²) < 4.78 is 0. The topological polar surface area (TPSA) is 56.1 Å². The first-order chi connectivity index (χ1) is 13.8. The van der Waals surface area contributed by atoms with Crippen molar-refractivity contribution < 1.29 is 10.0 Å². The molecule has 3 saturated carbocycles. The van der Waals surface area contributed by atoms with Gasteiger partial charge >= 0.3 is 0 Å². The molecule has 1 amide bonds. The smallest absolute Gasteiger partial charge is 0.226 e. The second-order valence-electron chi connectivity index (χ2n) is 10.8. The van der Waals surface area contributed by atoms with E-state index in [0.717, 1.165) is 50.0 Å². The number of nitrogens with zero attached hydrogens (tertiary/aromatic N) is 3. The molecule has 0 radical (unpaired) electrons. The summed E-state index contributed by atoms with van der Waals surface area (Å²) in [5.74, 6) is 3.69. The molecule has 4 rings (SSSR count). The summed E-state index contributed by atoms with van der Waals surface area (Å²) in [5.41, 5.74) is 0.483. The number of amidine groups is 1. The molecule has 0 aromatic heterocycles. The Hall–Kier alpha value is -1.26. The molecule has 1 saturated heterocycles. The average Bonchev–Trinajstić information content (AvgIpc) is 3.06. The zero-order valence-corrected chi connectivity index (χ0v) is 19.2. The molecule has 29 heavy (non-hydrogen) atoms. The minimum atomic E-state index is 0.183. The van der Waals surface area contributed by atoms with Crippen LogP contribution in [0.15, 0.2) is 5.16 Å². The molecule has 0 bridgehead atoms. The monoisotopic (exact) mass is 403 g/mol. The first-order valence-corrected chi connectivity index (χ1v) is 12.0. The minimum absolute atomic E-state index is 0.183. The zero-order valence-electron chi connectivity index (χ0n) is 19.2. The lowest BCUT2D eigenvalue weighted by molar-refractivity contribution is -0.145. The maximum Gasteiger partial charge on any atom is 0.226 e. The molecule has 1 N–H and O–H groups in total. The Kier molecular flexibility index (Phi) is 5.40. The predicted octanol–water partition coefficient (Wildman–Crippen LogP) is 4.60. The van der Waals surface area contributed by atoms with Crippen molar-refractivity contribution >= 4 is 11.7 Å². The van der Waals surface area contributed by atoms with Crippen molar-refractivity contribution in [2.24, 2.45) is 39.7 Å². The van der Waals surface area contributed by atoms with Crippen LogP contribution >= 0.6 is 0 Å². The van der Waals surface area contributed by atoms with Crippen LogP contribution in [-0.4, -0.2) is 52.9 Å². The first-order valence-electron chi connectivity index (χ1n) is 12.0. The first kappa shape index (κ1) is 21.0. The molecule has 4 fully saturated rings. The van der Waals surface area contributed by atoms with E-state index in [1.54, 1.807) is 0 Å². The van der Waals surface area contributed by atoms with E-state index in [4.69, 9.17) is 0 Å². The van der Waals surface area contributed by atoms with Gasteiger partial charge in [-0.2, -0.15) is 0 Å². The van der Waals surface area contributed by atoms with Crippen LogP contribution in [0.3, 0.4) is 0 Å². The van der Waals surface area contributed by atoms with Crippen molar-refractivity contribution in [1.82, 2.24) is 9.80 Å². The molecule has 5 nitrogen and oxygen atoms in total. The molecule has 1 heterocycles. The van der Waals surface area contributed by atoms with Crippen molar-refractivity contribution in [2.45, 2.75) is 85.1 Å². The van der Waals surface area contributed by atoms with Gasteiger partial charge in [-0.15, -0.1) is 0 Å². The van der Waals surface area contributed by atoms with Crippen LogP contribution in [0.4, 0.5) is 0 Å². The Morgan fingerprint density at radius 2 is 1.76 bits per heavy atom. The third-order valence-corrected chi connectivity index (χ3v) is 10.1. The lowest BCUT2D eigenvalue weighted by Crippen LogP contribution is -2.61.